The van der Waals surface area contributed by atoms with E-state index >= 15 is 0 Å². The van der Waals surface area contributed by atoms with E-state index in [0.29, 0.717) is 13.0 Å². The van der Waals surface area contributed by atoms with Crippen LogP contribution in [0.1, 0.15) is 30.0 Å². The molecular formula is C18H23ClN2O. The Kier molecular flexibility index (Phi) is 8.26. The van der Waals surface area contributed by atoms with Gasteiger partial charge in [-0.3, -0.25) is 4.79 Å². The van der Waals surface area contributed by atoms with Gasteiger partial charge in [0.1, 0.15) is 0 Å². The lowest BCUT2D eigenvalue weighted by Crippen LogP contribution is -2.28. The van der Waals surface area contributed by atoms with Crippen molar-refractivity contribution >= 4 is 18.3 Å². The first-order valence-corrected chi connectivity index (χ1v) is 7.37. The zero-order valence-electron chi connectivity index (χ0n) is 12.6. The molecule has 1 amide bonds. The molecule has 0 radical (unpaired) electrons. The zero-order valence-corrected chi connectivity index (χ0v) is 13.4. The van der Waals surface area contributed by atoms with E-state index in [4.69, 9.17) is 5.73 Å². The molecule has 3 N–H and O–H groups in total. The summed E-state index contributed by atoms with van der Waals surface area (Å²) in [4.78, 5) is 11.8. The monoisotopic (exact) mass is 318 g/mol. The highest BCUT2D eigenvalue weighted by molar-refractivity contribution is 5.85. The van der Waals surface area contributed by atoms with Crippen molar-refractivity contribution in [3.8, 4) is 0 Å². The molecule has 1 atom stereocenters. The molecule has 0 aliphatic carbocycles. The summed E-state index contributed by atoms with van der Waals surface area (Å²) in [7, 11) is 0. The number of nitrogens with two attached hydrogens (primary N) is 1. The maximum atomic E-state index is 11.8. The van der Waals surface area contributed by atoms with Crippen LogP contribution in [0, 0.1) is 0 Å². The van der Waals surface area contributed by atoms with Crippen molar-refractivity contribution in [3.05, 3.63) is 71.8 Å². The fourth-order valence-electron chi connectivity index (χ4n) is 2.25. The van der Waals surface area contributed by atoms with Crippen molar-refractivity contribution in [1.29, 1.82) is 0 Å². The van der Waals surface area contributed by atoms with Gasteiger partial charge in [0.25, 0.3) is 0 Å². The predicted molar refractivity (Wildman–Crippen MR) is 93.0 cm³/mol. The third-order valence-corrected chi connectivity index (χ3v) is 3.44. The number of benzene rings is 2. The smallest absolute Gasteiger partial charge is 0.221 e. The molecular weight excluding hydrogens is 296 g/mol. The summed E-state index contributed by atoms with van der Waals surface area (Å²) in [6, 6.07) is 19.8. The van der Waals surface area contributed by atoms with Gasteiger partial charge in [0.05, 0.1) is 0 Å². The standard InChI is InChI=1S/C18H22N2O.ClH/c19-17(16-11-5-2-6-12-16)14-18(21)20-13-7-10-15-8-3-1-4-9-15;/h1-6,8-9,11-12,17H,7,10,13-14,19H2,(H,20,21);1H. The van der Waals surface area contributed by atoms with Crippen molar-refractivity contribution in [2.45, 2.75) is 25.3 Å². The van der Waals surface area contributed by atoms with Crippen molar-refractivity contribution in [3.63, 3.8) is 0 Å². The minimum atomic E-state index is -0.236. The molecule has 0 aliphatic heterocycles. The largest absolute Gasteiger partial charge is 0.356 e. The Balaban J connectivity index is 0.00000242. The summed E-state index contributed by atoms with van der Waals surface area (Å²) in [5, 5.41) is 2.93. The highest BCUT2D eigenvalue weighted by atomic mass is 35.5. The second-order valence-electron chi connectivity index (χ2n) is 5.16. The Morgan fingerprint density at radius 1 is 1.00 bits per heavy atom. The second-order valence-corrected chi connectivity index (χ2v) is 5.16. The van der Waals surface area contributed by atoms with Crippen molar-refractivity contribution < 1.29 is 4.79 Å². The van der Waals surface area contributed by atoms with Gasteiger partial charge in [-0.05, 0) is 24.0 Å². The van der Waals surface area contributed by atoms with Gasteiger partial charge in [-0.15, -0.1) is 12.4 Å². The first kappa shape index (κ1) is 18.2. The molecule has 118 valence electrons. The van der Waals surface area contributed by atoms with Crippen LogP contribution < -0.4 is 11.1 Å². The first-order valence-electron chi connectivity index (χ1n) is 7.37. The topological polar surface area (TPSA) is 55.1 Å². The molecule has 0 spiro atoms. The fraction of sp³-hybridized carbons (Fsp3) is 0.278. The Bertz CT molecular complexity index is 546. The average Bonchev–Trinajstić information content (AvgIpc) is 2.53. The van der Waals surface area contributed by atoms with E-state index in [9.17, 15) is 4.79 Å². The summed E-state index contributed by atoms with van der Waals surface area (Å²) in [5.74, 6) is 0.0133. The van der Waals surface area contributed by atoms with Crippen LogP contribution in [-0.2, 0) is 11.2 Å². The van der Waals surface area contributed by atoms with Gasteiger partial charge in [-0.25, -0.2) is 0 Å². The highest BCUT2D eigenvalue weighted by Crippen LogP contribution is 2.12. The van der Waals surface area contributed by atoms with E-state index in [1.54, 1.807) is 0 Å². The number of amides is 1. The van der Waals surface area contributed by atoms with Crippen LogP contribution in [0.4, 0.5) is 0 Å². The molecule has 2 aromatic carbocycles. The molecule has 0 aliphatic rings. The molecule has 22 heavy (non-hydrogen) atoms. The normalized spacial score (nSPS) is 11.3. The number of rotatable bonds is 7. The van der Waals surface area contributed by atoms with Crippen LogP contribution >= 0.6 is 12.4 Å². The SMILES string of the molecule is Cl.NC(CC(=O)NCCCc1ccccc1)c1ccccc1. The average molecular weight is 319 g/mol. The maximum absolute atomic E-state index is 11.8. The van der Waals surface area contributed by atoms with Gasteiger partial charge in [0, 0.05) is 19.0 Å². The summed E-state index contributed by atoms with van der Waals surface area (Å²) in [6.07, 6.45) is 2.25. The first-order chi connectivity index (χ1) is 10.3. The number of hydrogen-bond acceptors (Lipinski definition) is 2. The lowest BCUT2D eigenvalue weighted by atomic mass is 10.0. The summed E-state index contributed by atoms with van der Waals surface area (Å²) in [6.45, 7) is 0.690. The van der Waals surface area contributed by atoms with Gasteiger partial charge >= 0.3 is 0 Å². The molecule has 4 heteroatoms. The van der Waals surface area contributed by atoms with Gasteiger partial charge in [-0.1, -0.05) is 60.7 Å². The lowest BCUT2D eigenvalue weighted by molar-refractivity contribution is -0.121. The molecule has 0 heterocycles. The maximum Gasteiger partial charge on any atom is 0.221 e. The molecule has 0 saturated heterocycles. The molecule has 0 bridgehead atoms. The quantitative estimate of drug-likeness (QED) is 0.770. The van der Waals surface area contributed by atoms with E-state index in [2.05, 4.69) is 17.4 Å². The van der Waals surface area contributed by atoms with Crippen molar-refractivity contribution in [1.82, 2.24) is 5.32 Å². The second kappa shape index (κ2) is 9.98. The third kappa shape index (κ3) is 6.29. The van der Waals surface area contributed by atoms with Crippen LogP contribution in [0.3, 0.4) is 0 Å². The number of carbonyl (C=O) groups is 1. The summed E-state index contributed by atoms with van der Waals surface area (Å²) >= 11 is 0. The molecule has 0 aromatic heterocycles. The Morgan fingerprint density at radius 2 is 1.59 bits per heavy atom. The van der Waals surface area contributed by atoms with Crippen molar-refractivity contribution in [2.24, 2.45) is 5.73 Å². The molecule has 0 saturated carbocycles. The van der Waals surface area contributed by atoms with E-state index in [1.807, 2.05) is 48.5 Å². The summed E-state index contributed by atoms with van der Waals surface area (Å²) < 4.78 is 0. The summed E-state index contributed by atoms with van der Waals surface area (Å²) in [5.41, 5.74) is 8.33. The molecule has 2 rings (SSSR count). The number of aryl methyl sites for hydroxylation is 1. The molecule has 2 aromatic rings. The van der Waals surface area contributed by atoms with Crippen LogP contribution in [0.25, 0.3) is 0 Å². The van der Waals surface area contributed by atoms with E-state index in [-0.39, 0.29) is 24.4 Å². The van der Waals surface area contributed by atoms with Crippen LogP contribution in [0.2, 0.25) is 0 Å². The molecule has 1 unspecified atom stereocenters. The van der Waals surface area contributed by atoms with Crippen LogP contribution in [-0.4, -0.2) is 12.5 Å². The van der Waals surface area contributed by atoms with E-state index < -0.39 is 0 Å². The van der Waals surface area contributed by atoms with Gasteiger partial charge < -0.3 is 11.1 Å². The van der Waals surface area contributed by atoms with Crippen LogP contribution in [0.5, 0.6) is 0 Å². The Morgan fingerprint density at radius 3 is 2.23 bits per heavy atom. The van der Waals surface area contributed by atoms with Crippen molar-refractivity contribution in [2.75, 3.05) is 6.54 Å². The minimum Gasteiger partial charge on any atom is -0.356 e. The number of hydrogen-bond donors (Lipinski definition) is 2. The number of carbonyl (C=O) groups excluding carboxylic acids is 1. The minimum absolute atomic E-state index is 0. The van der Waals surface area contributed by atoms with Gasteiger partial charge in [-0.2, -0.15) is 0 Å². The van der Waals surface area contributed by atoms with Gasteiger partial charge in [0.15, 0.2) is 0 Å². The lowest BCUT2D eigenvalue weighted by Gasteiger charge is -2.12. The zero-order chi connectivity index (χ0) is 14.9. The molecule has 0 fully saturated rings. The van der Waals surface area contributed by atoms with Gasteiger partial charge in [0.2, 0.25) is 5.91 Å². The number of nitrogens with one attached hydrogen (secondary N) is 1. The fourth-order valence-corrected chi connectivity index (χ4v) is 2.25. The predicted octanol–water partition coefficient (Wildman–Crippen LogP) is 3.25. The third-order valence-electron chi connectivity index (χ3n) is 3.44. The highest BCUT2D eigenvalue weighted by Gasteiger charge is 2.10. The van der Waals surface area contributed by atoms with E-state index in [0.717, 1.165) is 18.4 Å². The Labute approximate surface area is 138 Å². The van der Waals surface area contributed by atoms with E-state index in [1.165, 1.54) is 5.56 Å². The van der Waals surface area contributed by atoms with Crippen LogP contribution in [0.15, 0.2) is 60.7 Å². The Hall–Kier alpha value is -1.84. The number of halogens is 1. The molecule has 3 nitrogen and oxygen atoms in total.